The SMILES string of the molecule is Cc1cc(Cl)ccc1OCCCC(=O)NC1CCS(=O)(=O)c2ccccc21. The second-order valence-electron chi connectivity index (χ2n) is 6.63. The number of amides is 1. The van der Waals surface area contributed by atoms with Crippen molar-refractivity contribution in [2.24, 2.45) is 0 Å². The van der Waals surface area contributed by atoms with Gasteiger partial charge in [-0.2, -0.15) is 0 Å². The molecule has 0 aromatic heterocycles. The number of rotatable bonds is 6. The summed E-state index contributed by atoms with van der Waals surface area (Å²) in [6, 6.07) is 12.0. The van der Waals surface area contributed by atoms with Crippen LogP contribution in [0.5, 0.6) is 5.75 Å². The third-order valence-electron chi connectivity index (χ3n) is 4.58. The summed E-state index contributed by atoms with van der Waals surface area (Å²) in [7, 11) is -3.25. The normalized spacial score (nSPS) is 17.8. The number of nitrogens with one attached hydrogen (secondary N) is 1. The third kappa shape index (κ3) is 4.82. The summed E-state index contributed by atoms with van der Waals surface area (Å²) < 4.78 is 30.0. The Morgan fingerprint density at radius 3 is 2.81 bits per heavy atom. The molecule has 3 rings (SSSR count). The predicted octanol–water partition coefficient (Wildman–Crippen LogP) is 3.84. The fourth-order valence-electron chi connectivity index (χ4n) is 3.20. The molecule has 1 heterocycles. The fourth-order valence-corrected chi connectivity index (χ4v) is 5.04. The molecule has 0 radical (unpaired) electrons. The van der Waals surface area contributed by atoms with Gasteiger partial charge in [-0.3, -0.25) is 4.79 Å². The van der Waals surface area contributed by atoms with E-state index in [-0.39, 0.29) is 17.7 Å². The summed E-state index contributed by atoms with van der Waals surface area (Å²) in [5.41, 5.74) is 1.62. The Bertz CT molecular complexity index is 943. The molecule has 1 N–H and O–H groups in total. The molecule has 1 aliphatic rings. The minimum atomic E-state index is -3.25. The predicted molar refractivity (Wildman–Crippen MR) is 105 cm³/mol. The van der Waals surface area contributed by atoms with Crippen molar-refractivity contribution in [3.8, 4) is 5.75 Å². The lowest BCUT2D eigenvalue weighted by molar-refractivity contribution is -0.122. The van der Waals surface area contributed by atoms with E-state index in [0.29, 0.717) is 41.4 Å². The maximum absolute atomic E-state index is 12.3. The van der Waals surface area contributed by atoms with Crippen LogP contribution in [0.15, 0.2) is 47.4 Å². The van der Waals surface area contributed by atoms with Gasteiger partial charge in [0.05, 0.1) is 23.3 Å². The van der Waals surface area contributed by atoms with E-state index >= 15 is 0 Å². The van der Waals surface area contributed by atoms with Crippen LogP contribution in [0.3, 0.4) is 0 Å². The Labute approximate surface area is 164 Å². The minimum absolute atomic E-state index is 0.0495. The van der Waals surface area contributed by atoms with Gasteiger partial charge in [0.15, 0.2) is 9.84 Å². The van der Waals surface area contributed by atoms with E-state index in [9.17, 15) is 13.2 Å². The van der Waals surface area contributed by atoms with Gasteiger partial charge >= 0.3 is 0 Å². The number of aryl methyl sites for hydroxylation is 1. The molecule has 0 saturated carbocycles. The van der Waals surface area contributed by atoms with E-state index in [0.717, 1.165) is 11.3 Å². The Kier molecular flexibility index (Phi) is 6.07. The average Bonchev–Trinajstić information content (AvgIpc) is 2.63. The maximum atomic E-state index is 12.3. The molecule has 2 aromatic carbocycles. The zero-order chi connectivity index (χ0) is 19.4. The standard InChI is InChI=1S/C20H22ClNO4S/c1-14-13-15(21)8-9-18(14)26-11-4-7-20(23)22-17-10-12-27(24,25)19-6-3-2-5-16(17)19/h2-3,5-6,8-9,13,17H,4,7,10-12H2,1H3,(H,22,23). The molecule has 1 atom stereocenters. The van der Waals surface area contributed by atoms with Gasteiger partial charge in [-0.25, -0.2) is 8.42 Å². The molecule has 1 unspecified atom stereocenters. The van der Waals surface area contributed by atoms with Gasteiger partial charge in [-0.1, -0.05) is 29.8 Å². The smallest absolute Gasteiger partial charge is 0.220 e. The first kappa shape index (κ1) is 19.7. The second kappa shape index (κ2) is 8.31. The first-order valence-electron chi connectivity index (χ1n) is 8.87. The van der Waals surface area contributed by atoms with Crippen LogP contribution in [0.25, 0.3) is 0 Å². The minimum Gasteiger partial charge on any atom is -0.493 e. The van der Waals surface area contributed by atoms with Crippen molar-refractivity contribution in [3.63, 3.8) is 0 Å². The molecular weight excluding hydrogens is 386 g/mol. The summed E-state index contributed by atoms with van der Waals surface area (Å²) in [6.45, 7) is 2.34. The number of carbonyl (C=O) groups is 1. The van der Waals surface area contributed by atoms with Crippen molar-refractivity contribution in [3.05, 3.63) is 58.6 Å². The first-order chi connectivity index (χ1) is 12.9. The second-order valence-corrected chi connectivity index (χ2v) is 9.14. The van der Waals surface area contributed by atoms with E-state index in [2.05, 4.69) is 5.32 Å². The Morgan fingerprint density at radius 2 is 2.04 bits per heavy atom. The number of hydrogen-bond acceptors (Lipinski definition) is 4. The van der Waals surface area contributed by atoms with Gasteiger partial charge in [-0.05, 0) is 55.2 Å². The largest absolute Gasteiger partial charge is 0.493 e. The lowest BCUT2D eigenvalue weighted by Gasteiger charge is -2.26. The van der Waals surface area contributed by atoms with Gasteiger partial charge in [0.2, 0.25) is 5.91 Å². The van der Waals surface area contributed by atoms with Gasteiger partial charge in [0.25, 0.3) is 0 Å². The zero-order valence-electron chi connectivity index (χ0n) is 15.1. The summed E-state index contributed by atoms with van der Waals surface area (Å²) in [4.78, 5) is 12.6. The van der Waals surface area contributed by atoms with Crippen molar-refractivity contribution in [2.45, 2.75) is 37.1 Å². The highest BCUT2D eigenvalue weighted by Crippen LogP contribution is 2.31. The van der Waals surface area contributed by atoms with Gasteiger partial charge < -0.3 is 10.1 Å². The summed E-state index contributed by atoms with van der Waals surface area (Å²) in [5.74, 6) is 0.699. The van der Waals surface area contributed by atoms with Crippen LogP contribution < -0.4 is 10.1 Å². The third-order valence-corrected chi connectivity index (χ3v) is 6.63. The highest BCUT2D eigenvalue weighted by Gasteiger charge is 2.30. The van der Waals surface area contributed by atoms with Crippen LogP contribution in [0, 0.1) is 6.92 Å². The molecule has 144 valence electrons. The molecule has 2 aromatic rings. The molecule has 0 saturated heterocycles. The Balaban J connectivity index is 1.51. The summed E-state index contributed by atoms with van der Waals surface area (Å²) in [5, 5.41) is 3.62. The van der Waals surface area contributed by atoms with Crippen LogP contribution in [0.1, 0.15) is 36.4 Å². The molecule has 5 nitrogen and oxygen atoms in total. The van der Waals surface area contributed by atoms with Crippen molar-refractivity contribution >= 4 is 27.3 Å². The lowest BCUT2D eigenvalue weighted by Crippen LogP contribution is -2.33. The van der Waals surface area contributed by atoms with E-state index in [1.165, 1.54) is 0 Å². The van der Waals surface area contributed by atoms with Crippen molar-refractivity contribution < 1.29 is 17.9 Å². The number of sulfone groups is 1. The maximum Gasteiger partial charge on any atom is 0.220 e. The lowest BCUT2D eigenvalue weighted by atomic mass is 10.0. The van der Waals surface area contributed by atoms with E-state index < -0.39 is 9.84 Å². The number of ether oxygens (including phenoxy) is 1. The molecular formula is C20H22ClNO4S. The quantitative estimate of drug-likeness (QED) is 0.738. The average molecular weight is 408 g/mol. The number of carbonyl (C=O) groups excluding carboxylic acids is 1. The van der Waals surface area contributed by atoms with E-state index in [4.69, 9.17) is 16.3 Å². The molecule has 1 aliphatic heterocycles. The number of hydrogen-bond donors (Lipinski definition) is 1. The molecule has 0 bridgehead atoms. The molecule has 0 fully saturated rings. The Hall–Kier alpha value is -2.05. The number of fused-ring (bicyclic) bond motifs is 1. The van der Waals surface area contributed by atoms with Crippen LogP contribution in [0.2, 0.25) is 5.02 Å². The van der Waals surface area contributed by atoms with Crippen LogP contribution >= 0.6 is 11.6 Å². The highest BCUT2D eigenvalue weighted by molar-refractivity contribution is 7.91. The monoisotopic (exact) mass is 407 g/mol. The van der Waals surface area contributed by atoms with Gasteiger partial charge in [0, 0.05) is 11.4 Å². The van der Waals surface area contributed by atoms with Crippen LogP contribution in [0.4, 0.5) is 0 Å². The fraction of sp³-hybridized carbons (Fsp3) is 0.350. The highest BCUT2D eigenvalue weighted by atomic mass is 35.5. The van der Waals surface area contributed by atoms with E-state index in [1.807, 2.05) is 19.1 Å². The van der Waals surface area contributed by atoms with Gasteiger partial charge in [-0.15, -0.1) is 0 Å². The summed E-state index contributed by atoms with van der Waals surface area (Å²) in [6.07, 6.45) is 1.28. The Morgan fingerprint density at radius 1 is 1.26 bits per heavy atom. The van der Waals surface area contributed by atoms with Gasteiger partial charge in [0.1, 0.15) is 5.75 Å². The van der Waals surface area contributed by atoms with Crippen LogP contribution in [-0.2, 0) is 14.6 Å². The number of benzene rings is 2. The van der Waals surface area contributed by atoms with Crippen molar-refractivity contribution in [2.75, 3.05) is 12.4 Å². The molecule has 0 aliphatic carbocycles. The van der Waals surface area contributed by atoms with Crippen molar-refractivity contribution in [1.82, 2.24) is 5.32 Å². The van der Waals surface area contributed by atoms with E-state index in [1.54, 1.807) is 30.3 Å². The molecule has 7 heteroatoms. The molecule has 0 spiro atoms. The summed E-state index contributed by atoms with van der Waals surface area (Å²) >= 11 is 5.92. The zero-order valence-corrected chi connectivity index (χ0v) is 16.6. The molecule has 1 amide bonds. The molecule has 27 heavy (non-hydrogen) atoms. The van der Waals surface area contributed by atoms with Crippen LogP contribution in [-0.4, -0.2) is 26.7 Å². The first-order valence-corrected chi connectivity index (χ1v) is 10.9. The number of halogens is 1. The van der Waals surface area contributed by atoms with Crippen molar-refractivity contribution in [1.29, 1.82) is 0 Å². The topological polar surface area (TPSA) is 72.5 Å².